The number of nitrogens with one attached hydrogen (secondary N) is 1. The van der Waals surface area contributed by atoms with E-state index >= 15 is 0 Å². The van der Waals surface area contributed by atoms with E-state index in [0.717, 1.165) is 44.3 Å². The average Bonchev–Trinajstić information content (AvgIpc) is 3.24. The lowest BCUT2D eigenvalue weighted by molar-refractivity contribution is -0.150. The van der Waals surface area contributed by atoms with E-state index in [1.807, 2.05) is 12.1 Å². The van der Waals surface area contributed by atoms with Crippen LogP contribution in [0.25, 0.3) is 10.1 Å². The number of benzene rings is 2. The molecule has 2 heterocycles. The van der Waals surface area contributed by atoms with E-state index in [4.69, 9.17) is 9.47 Å². The number of hydrogen-bond acceptors (Lipinski definition) is 8. The minimum absolute atomic E-state index is 0.372. The zero-order chi connectivity index (χ0) is 23.2. The molecule has 2 aromatic carbocycles. The van der Waals surface area contributed by atoms with Gasteiger partial charge in [-0.05, 0) is 54.9 Å². The predicted molar refractivity (Wildman–Crippen MR) is 130 cm³/mol. The highest BCUT2D eigenvalue weighted by atomic mass is 32.1. The van der Waals surface area contributed by atoms with Gasteiger partial charge in [-0.3, -0.25) is 14.5 Å². The van der Waals surface area contributed by atoms with Crippen molar-refractivity contribution in [3.63, 3.8) is 0 Å². The zero-order valence-corrected chi connectivity index (χ0v) is 19.6. The van der Waals surface area contributed by atoms with Crippen molar-refractivity contribution in [2.45, 2.75) is 20.0 Å². The van der Waals surface area contributed by atoms with Crippen LogP contribution in [0, 0.1) is 0 Å². The molecule has 0 bridgehead atoms. The summed E-state index contributed by atoms with van der Waals surface area (Å²) in [5.74, 6) is 0.984. The molecule has 0 aliphatic carbocycles. The SMILES string of the molecule is CC(=O)OC(C)C(=O)Nc1ccc(OCCN2CCN(c3nsc4ccccc34)CC2)cc1. The van der Waals surface area contributed by atoms with Crippen LogP contribution < -0.4 is 15.0 Å². The highest BCUT2D eigenvalue weighted by molar-refractivity contribution is 7.13. The second-order valence-electron chi connectivity index (χ2n) is 7.94. The van der Waals surface area contributed by atoms with Crippen LogP contribution in [0.3, 0.4) is 0 Å². The number of piperazine rings is 1. The molecule has 3 aromatic rings. The highest BCUT2D eigenvalue weighted by Crippen LogP contribution is 2.29. The molecule has 174 valence electrons. The van der Waals surface area contributed by atoms with Crippen molar-refractivity contribution in [2.75, 3.05) is 49.5 Å². The molecule has 1 atom stereocenters. The van der Waals surface area contributed by atoms with Crippen molar-refractivity contribution in [1.29, 1.82) is 0 Å². The number of rotatable bonds is 8. The second-order valence-corrected chi connectivity index (χ2v) is 8.75. The van der Waals surface area contributed by atoms with Crippen molar-refractivity contribution in [1.82, 2.24) is 9.27 Å². The van der Waals surface area contributed by atoms with Gasteiger partial charge in [-0.2, -0.15) is 4.37 Å². The van der Waals surface area contributed by atoms with E-state index < -0.39 is 12.1 Å². The molecule has 0 saturated carbocycles. The minimum Gasteiger partial charge on any atom is -0.492 e. The van der Waals surface area contributed by atoms with E-state index in [-0.39, 0.29) is 5.91 Å². The largest absolute Gasteiger partial charge is 0.492 e. The lowest BCUT2D eigenvalue weighted by Gasteiger charge is -2.34. The number of fused-ring (bicyclic) bond motifs is 1. The first-order valence-corrected chi connectivity index (χ1v) is 11.8. The zero-order valence-electron chi connectivity index (χ0n) is 18.8. The van der Waals surface area contributed by atoms with Crippen LogP contribution in [-0.2, 0) is 14.3 Å². The van der Waals surface area contributed by atoms with E-state index in [1.54, 1.807) is 23.7 Å². The van der Waals surface area contributed by atoms with Gasteiger partial charge in [-0.15, -0.1) is 0 Å². The maximum absolute atomic E-state index is 12.0. The number of amides is 1. The Morgan fingerprint density at radius 1 is 1.09 bits per heavy atom. The third kappa shape index (κ3) is 6.00. The molecule has 1 amide bonds. The Morgan fingerprint density at radius 2 is 1.82 bits per heavy atom. The van der Waals surface area contributed by atoms with Crippen LogP contribution in [0.2, 0.25) is 0 Å². The first-order chi connectivity index (χ1) is 16.0. The van der Waals surface area contributed by atoms with E-state index in [9.17, 15) is 9.59 Å². The van der Waals surface area contributed by atoms with Gasteiger partial charge in [0.25, 0.3) is 5.91 Å². The molecule has 1 saturated heterocycles. The Hall–Kier alpha value is -3.17. The van der Waals surface area contributed by atoms with Crippen LogP contribution >= 0.6 is 11.5 Å². The molecule has 1 aromatic heterocycles. The summed E-state index contributed by atoms with van der Waals surface area (Å²) >= 11 is 1.56. The Bertz CT molecular complexity index is 1090. The summed E-state index contributed by atoms with van der Waals surface area (Å²) in [5.41, 5.74) is 0.622. The summed E-state index contributed by atoms with van der Waals surface area (Å²) in [6, 6.07) is 15.6. The van der Waals surface area contributed by atoms with Crippen LogP contribution in [0.1, 0.15) is 13.8 Å². The third-order valence-corrected chi connectivity index (χ3v) is 6.36. The second kappa shape index (κ2) is 10.6. The fourth-order valence-electron chi connectivity index (χ4n) is 3.76. The van der Waals surface area contributed by atoms with Crippen LogP contribution in [0.15, 0.2) is 48.5 Å². The monoisotopic (exact) mass is 468 g/mol. The van der Waals surface area contributed by atoms with Gasteiger partial charge >= 0.3 is 5.97 Å². The van der Waals surface area contributed by atoms with Gasteiger partial charge in [0, 0.05) is 50.7 Å². The van der Waals surface area contributed by atoms with Gasteiger partial charge in [0.15, 0.2) is 6.10 Å². The average molecular weight is 469 g/mol. The highest BCUT2D eigenvalue weighted by Gasteiger charge is 2.20. The summed E-state index contributed by atoms with van der Waals surface area (Å²) in [7, 11) is 0. The van der Waals surface area contributed by atoms with Crippen molar-refractivity contribution >= 4 is 45.0 Å². The molecule has 4 rings (SSSR count). The molecule has 1 aliphatic heterocycles. The summed E-state index contributed by atoms with van der Waals surface area (Å²) in [4.78, 5) is 27.7. The number of aromatic nitrogens is 1. The van der Waals surface area contributed by atoms with Crippen molar-refractivity contribution in [3.05, 3.63) is 48.5 Å². The topological polar surface area (TPSA) is 84.0 Å². The fourth-order valence-corrected chi connectivity index (χ4v) is 4.55. The molecule has 1 fully saturated rings. The standard InChI is InChI=1S/C24H28N4O4S/c1-17(32-18(2)29)24(30)25-19-7-9-20(10-8-19)31-16-15-27-11-13-28(14-12-27)23-21-5-3-4-6-22(21)33-26-23/h3-10,17H,11-16H2,1-2H3,(H,25,30). The third-order valence-electron chi connectivity index (χ3n) is 5.54. The number of carbonyl (C=O) groups excluding carboxylic acids is 2. The van der Waals surface area contributed by atoms with E-state index in [0.29, 0.717) is 12.3 Å². The molecule has 0 radical (unpaired) electrons. The molecule has 33 heavy (non-hydrogen) atoms. The Balaban J connectivity index is 1.19. The minimum atomic E-state index is -0.840. The van der Waals surface area contributed by atoms with Gasteiger partial charge < -0.3 is 19.7 Å². The van der Waals surface area contributed by atoms with Crippen molar-refractivity contribution < 1.29 is 19.1 Å². The summed E-state index contributed by atoms with van der Waals surface area (Å²) < 4.78 is 16.7. The van der Waals surface area contributed by atoms with Gasteiger partial charge in [0.2, 0.25) is 0 Å². The molecular weight excluding hydrogens is 440 g/mol. The number of hydrogen-bond donors (Lipinski definition) is 1. The summed E-state index contributed by atoms with van der Waals surface area (Å²) in [6.45, 7) is 8.10. The van der Waals surface area contributed by atoms with E-state index in [1.165, 1.54) is 23.9 Å². The van der Waals surface area contributed by atoms with Crippen LogP contribution in [0.4, 0.5) is 11.5 Å². The number of esters is 1. The van der Waals surface area contributed by atoms with Gasteiger partial charge in [0.05, 0.1) is 4.70 Å². The molecule has 1 N–H and O–H groups in total. The summed E-state index contributed by atoms with van der Waals surface area (Å²) in [6.07, 6.45) is -0.840. The Morgan fingerprint density at radius 3 is 2.55 bits per heavy atom. The number of carbonyl (C=O) groups is 2. The van der Waals surface area contributed by atoms with Gasteiger partial charge in [0.1, 0.15) is 18.2 Å². The normalized spacial score (nSPS) is 15.3. The molecular formula is C24H28N4O4S. The Labute approximate surface area is 197 Å². The van der Waals surface area contributed by atoms with Crippen molar-refractivity contribution in [2.24, 2.45) is 0 Å². The van der Waals surface area contributed by atoms with Gasteiger partial charge in [-0.25, -0.2) is 0 Å². The molecule has 0 spiro atoms. The maximum atomic E-state index is 12.0. The summed E-state index contributed by atoms with van der Waals surface area (Å²) in [5, 5.41) is 3.96. The molecule has 8 nitrogen and oxygen atoms in total. The lowest BCUT2D eigenvalue weighted by atomic mass is 10.2. The van der Waals surface area contributed by atoms with Crippen LogP contribution in [-0.4, -0.2) is 66.6 Å². The number of nitrogens with zero attached hydrogens (tertiary/aromatic N) is 3. The lowest BCUT2D eigenvalue weighted by Crippen LogP contribution is -2.47. The molecule has 1 aliphatic rings. The Kier molecular flexibility index (Phi) is 7.41. The quantitative estimate of drug-likeness (QED) is 0.508. The number of ether oxygens (including phenoxy) is 2. The van der Waals surface area contributed by atoms with E-state index in [2.05, 4.69) is 43.8 Å². The van der Waals surface area contributed by atoms with Crippen LogP contribution in [0.5, 0.6) is 5.75 Å². The fraction of sp³-hybridized carbons (Fsp3) is 0.375. The molecule has 1 unspecified atom stereocenters. The molecule has 9 heteroatoms. The van der Waals surface area contributed by atoms with Gasteiger partial charge in [-0.1, -0.05) is 12.1 Å². The predicted octanol–water partition coefficient (Wildman–Crippen LogP) is 3.39. The smallest absolute Gasteiger partial charge is 0.303 e. The van der Waals surface area contributed by atoms with Crippen molar-refractivity contribution in [3.8, 4) is 5.75 Å². The first-order valence-electron chi connectivity index (χ1n) is 11.0. The maximum Gasteiger partial charge on any atom is 0.303 e. The number of anilines is 2. The first kappa shape index (κ1) is 23.0.